The Kier molecular flexibility index (Phi) is 6.37. The van der Waals surface area contributed by atoms with Gasteiger partial charge in [0, 0.05) is 22.7 Å². The fourth-order valence-corrected chi connectivity index (χ4v) is 2.52. The van der Waals surface area contributed by atoms with E-state index in [-0.39, 0.29) is 18.3 Å². The van der Waals surface area contributed by atoms with Crippen LogP contribution in [-0.2, 0) is 20.7 Å². The van der Waals surface area contributed by atoms with Crippen molar-refractivity contribution in [3.63, 3.8) is 0 Å². The minimum absolute atomic E-state index is 0.243. The van der Waals surface area contributed by atoms with E-state index in [1.54, 1.807) is 18.2 Å². The van der Waals surface area contributed by atoms with Crippen LogP contribution in [0, 0.1) is 6.92 Å². The molecule has 24 heavy (non-hydrogen) atoms. The summed E-state index contributed by atoms with van der Waals surface area (Å²) in [6, 6.07) is 9.16. The zero-order valence-electron chi connectivity index (χ0n) is 13.5. The number of carbonyl (C=O) groups is 2. The lowest BCUT2D eigenvalue weighted by molar-refractivity contribution is -0.140. The average molecular weight is 392 g/mol. The maximum atomic E-state index is 12.0. The van der Waals surface area contributed by atoms with Crippen LogP contribution in [0.15, 0.2) is 45.3 Å². The lowest BCUT2D eigenvalue weighted by atomic mass is 10.2. The monoisotopic (exact) mass is 391 g/mol. The number of halogens is 1. The summed E-state index contributed by atoms with van der Waals surface area (Å²) in [6.45, 7) is 1.92. The lowest BCUT2D eigenvalue weighted by Crippen LogP contribution is -2.08. The summed E-state index contributed by atoms with van der Waals surface area (Å²) in [7, 11) is 1.35. The molecule has 0 aliphatic heterocycles. The van der Waals surface area contributed by atoms with Crippen LogP contribution in [0.4, 0.5) is 5.69 Å². The predicted molar refractivity (Wildman–Crippen MR) is 95.6 cm³/mol. The molecule has 1 aromatic carbocycles. The van der Waals surface area contributed by atoms with Gasteiger partial charge in [-0.1, -0.05) is 15.9 Å². The molecule has 0 fully saturated rings. The minimum Gasteiger partial charge on any atom is -0.469 e. The van der Waals surface area contributed by atoms with E-state index >= 15 is 0 Å². The number of hydrogen-bond acceptors (Lipinski definition) is 4. The number of aryl methyl sites for hydroxylation is 2. The molecule has 0 bridgehead atoms. The van der Waals surface area contributed by atoms with Gasteiger partial charge in [-0.15, -0.1) is 0 Å². The number of furan rings is 1. The van der Waals surface area contributed by atoms with Crippen molar-refractivity contribution in [1.82, 2.24) is 0 Å². The first kappa shape index (κ1) is 18.0. The molecule has 0 aliphatic rings. The number of anilines is 1. The van der Waals surface area contributed by atoms with Crippen molar-refractivity contribution in [3.05, 3.63) is 58.0 Å². The molecule has 126 valence electrons. The SMILES string of the molecule is COC(=O)CCc1ccc(/C=C/C(=O)Nc2ccc(Br)cc2C)o1. The molecule has 0 atom stereocenters. The van der Waals surface area contributed by atoms with E-state index in [2.05, 4.69) is 26.0 Å². The predicted octanol–water partition coefficient (Wildman–Crippen LogP) is 4.11. The molecule has 6 heteroatoms. The molecule has 0 aliphatic carbocycles. The maximum Gasteiger partial charge on any atom is 0.305 e. The third kappa shape index (κ3) is 5.38. The van der Waals surface area contributed by atoms with E-state index in [1.165, 1.54) is 13.2 Å². The first-order valence-electron chi connectivity index (χ1n) is 7.38. The number of hydrogen-bond donors (Lipinski definition) is 1. The van der Waals surface area contributed by atoms with Crippen molar-refractivity contribution in [2.45, 2.75) is 19.8 Å². The number of amides is 1. The van der Waals surface area contributed by atoms with Gasteiger partial charge in [0.05, 0.1) is 13.5 Å². The van der Waals surface area contributed by atoms with Gasteiger partial charge in [-0.2, -0.15) is 0 Å². The summed E-state index contributed by atoms with van der Waals surface area (Å²) in [4.78, 5) is 23.1. The first-order chi connectivity index (χ1) is 11.5. The van der Waals surface area contributed by atoms with E-state index in [4.69, 9.17) is 4.42 Å². The largest absolute Gasteiger partial charge is 0.469 e. The number of esters is 1. The topological polar surface area (TPSA) is 68.5 Å². The Morgan fingerprint density at radius 1 is 1.29 bits per heavy atom. The van der Waals surface area contributed by atoms with Crippen molar-refractivity contribution in [3.8, 4) is 0 Å². The number of rotatable bonds is 6. The van der Waals surface area contributed by atoms with Crippen LogP contribution in [0.25, 0.3) is 6.08 Å². The molecule has 1 heterocycles. The lowest BCUT2D eigenvalue weighted by Gasteiger charge is -2.06. The molecule has 0 radical (unpaired) electrons. The molecule has 2 aromatic rings. The van der Waals surface area contributed by atoms with Crippen molar-refractivity contribution in [2.24, 2.45) is 0 Å². The summed E-state index contributed by atoms with van der Waals surface area (Å²) in [5.74, 6) is 0.697. The molecule has 0 unspecified atom stereocenters. The van der Waals surface area contributed by atoms with Crippen molar-refractivity contribution >= 4 is 39.6 Å². The Bertz CT molecular complexity index is 764. The highest BCUT2D eigenvalue weighted by Crippen LogP contribution is 2.20. The second-order valence-electron chi connectivity index (χ2n) is 5.16. The van der Waals surface area contributed by atoms with Gasteiger partial charge in [0.25, 0.3) is 0 Å². The van der Waals surface area contributed by atoms with E-state index in [1.807, 2.05) is 25.1 Å². The fraction of sp³-hybridized carbons (Fsp3) is 0.222. The highest BCUT2D eigenvalue weighted by molar-refractivity contribution is 9.10. The molecular formula is C18H18BrNO4. The quantitative estimate of drug-likeness (QED) is 0.594. The molecular weight excluding hydrogens is 374 g/mol. The van der Waals surface area contributed by atoms with Crippen LogP contribution < -0.4 is 5.32 Å². The molecule has 0 saturated heterocycles. The average Bonchev–Trinajstić information content (AvgIpc) is 3.01. The smallest absolute Gasteiger partial charge is 0.305 e. The summed E-state index contributed by atoms with van der Waals surface area (Å²) < 4.78 is 11.1. The first-order valence-corrected chi connectivity index (χ1v) is 8.18. The van der Waals surface area contributed by atoms with Gasteiger partial charge in [-0.25, -0.2) is 0 Å². The minimum atomic E-state index is -0.285. The van der Waals surface area contributed by atoms with Crippen LogP contribution in [0.3, 0.4) is 0 Å². The Balaban J connectivity index is 1.91. The summed E-state index contributed by atoms with van der Waals surface area (Å²) in [5, 5.41) is 2.81. The highest BCUT2D eigenvalue weighted by Gasteiger charge is 2.06. The molecule has 0 saturated carbocycles. The van der Waals surface area contributed by atoms with E-state index in [9.17, 15) is 9.59 Å². The molecule has 0 spiro atoms. The molecule has 1 aromatic heterocycles. The summed E-state index contributed by atoms with van der Waals surface area (Å²) >= 11 is 3.38. The Hall–Kier alpha value is -2.34. The third-order valence-corrected chi connectivity index (χ3v) is 3.82. The number of benzene rings is 1. The molecule has 1 amide bonds. The van der Waals surface area contributed by atoms with Crippen molar-refractivity contribution < 1.29 is 18.7 Å². The van der Waals surface area contributed by atoms with Gasteiger partial charge >= 0.3 is 5.97 Å². The molecule has 2 rings (SSSR count). The van der Waals surface area contributed by atoms with Crippen LogP contribution in [0.1, 0.15) is 23.5 Å². The standard InChI is InChI=1S/C18H18BrNO4/c1-12-11-13(19)3-8-16(12)20-17(21)9-6-14-4-5-15(24-14)7-10-18(22)23-2/h3-6,8-9,11H,7,10H2,1-2H3,(H,20,21)/b9-6+. The molecule has 1 N–H and O–H groups in total. The van der Waals surface area contributed by atoms with E-state index < -0.39 is 0 Å². The van der Waals surface area contributed by atoms with Crippen LogP contribution in [-0.4, -0.2) is 19.0 Å². The number of ether oxygens (including phenoxy) is 1. The van der Waals surface area contributed by atoms with Crippen LogP contribution >= 0.6 is 15.9 Å². The van der Waals surface area contributed by atoms with E-state index in [0.717, 1.165) is 15.7 Å². The van der Waals surface area contributed by atoms with Crippen molar-refractivity contribution in [2.75, 3.05) is 12.4 Å². The van der Waals surface area contributed by atoms with Gasteiger partial charge < -0.3 is 14.5 Å². The number of nitrogens with one attached hydrogen (secondary N) is 1. The third-order valence-electron chi connectivity index (χ3n) is 3.33. The Labute approximate surface area is 148 Å². The number of carbonyl (C=O) groups excluding carboxylic acids is 2. The van der Waals surface area contributed by atoms with Crippen LogP contribution in [0.2, 0.25) is 0 Å². The zero-order chi connectivity index (χ0) is 17.5. The van der Waals surface area contributed by atoms with Crippen LogP contribution in [0.5, 0.6) is 0 Å². The van der Waals surface area contributed by atoms with Gasteiger partial charge in [0.1, 0.15) is 11.5 Å². The second kappa shape index (κ2) is 8.49. The maximum absolute atomic E-state index is 12.0. The second-order valence-corrected chi connectivity index (χ2v) is 6.08. The van der Waals surface area contributed by atoms with Gasteiger partial charge in [0.2, 0.25) is 5.91 Å². The van der Waals surface area contributed by atoms with Gasteiger partial charge in [-0.3, -0.25) is 9.59 Å². The van der Waals surface area contributed by atoms with Gasteiger partial charge in [-0.05, 0) is 48.9 Å². The fourth-order valence-electron chi connectivity index (χ4n) is 2.05. The van der Waals surface area contributed by atoms with Gasteiger partial charge in [0.15, 0.2) is 0 Å². The summed E-state index contributed by atoms with van der Waals surface area (Å²) in [5.41, 5.74) is 1.72. The Morgan fingerprint density at radius 2 is 2.08 bits per heavy atom. The van der Waals surface area contributed by atoms with E-state index in [0.29, 0.717) is 17.9 Å². The highest BCUT2D eigenvalue weighted by atomic mass is 79.9. The Morgan fingerprint density at radius 3 is 2.79 bits per heavy atom. The molecule has 5 nitrogen and oxygen atoms in total. The normalized spacial score (nSPS) is 10.8. The number of methoxy groups -OCH3 is 1. The van der Waals surface area contributed by atoms with Crippen molar-refractivity contribution in [1.29, 1.82) is 0 Å². The summed E-state index contributed by atoms with van der Waals surface area (Å²) in [6.07, 6.45) is 3.72. The zero-order valence-corrected chi connectivity index (χ0v) is 15.1.